The summed E-state index contributed by atoms with van der Waals surface area (Å²) in [5, 5.41) is 0. The van der Waals surface area contributed by atoms with Gasteiger partial charge in [0.25, 0.3) is 0 Å². The van der Waals surface area contributed by atoms with E-state index in [4.69, 9.17) is 0 Å². The van der Waals surface area contributed by atoms with Crippen LogP contribution >= 0.6 is 8.22 Å². The number of hydrogen-bond donors (Lipinski definition) is 0. The summed E-state index contributed by atoms with van der Waals surface area (Å²) in [4.78, 5) is 0. The minimum atomic E-state index is -6.00. The average molecular weight is 334 g/mol. The lowest BCUT2D eigenvalue weighted by Gasteiger charge is -2.45. The molecule has 0 aromatic heterocycles. The van der Waals surface area contributed by atoms with E-state index in [2.05, 4.69) is 46.0 Å². The first-order chi connectivity index (χ1) is 9.61. The van der Waals surface area contributed by atoms with Gasteiger partial charge in [-0.25, -0.2) is 4.67 Å². The van der Waals surface area contributed by atoms with Crippen molar-refractivity contribution in [3.8, 4) is 0 Å². The molecule has 2 nitrogen and oxygen atoms in total. The standard InChI is InChI=1S/C13H32N2P.BF4/c1-7-12-13-15(10-4,11-5)16(6)14(8-2)9-3;2-1(3,4)5/h7-13H2,1-6H3;/q+1;-1. The predicted octanol–water partition coefficient (Wildman–Crippen LogP) is 5.23. The average Bonchev–Trinajstić information content (AvgIpc) is 2.40. The molecule has 0 spiro atoms. The number of quaternary nitrogens is 1. The van der Waals surface area contributed by atoms with Gasteiger partial charge < -0.3 is 17.3 Å². The summed E-state index contributed by atoms with van der Waals surface area (Å²) in [7, 11) is -6.03. The van der Waals surface area contributed by atoms with Crippen molar-refractivity contribution in [2.75, 3.05) is 39.4 Å². The fourth-order valence-electron chi connectivity index (χ4n) is 2.45. The highest BCUT2D eigenvalue weighted by Crippen LogP contribution is 2.47. The monoisotopic (exact) mass is 334 g/mol. The second-order valence-corrected chi connectivity index (χ2v) is 7.32. The van der Waals surface area contributed by atoms with Gasteiger partial charge in [0.1, 0.15) is 0 Å². The third-order valence-corrected chi connectivity index (χ3v) is 7.24. The van der Waals surface area contributed by atoms with Crippen molar-refractivity contribution in [2.24, 2.45) is 0 Å². The molecular formula is C13H32BF4N2P. The van der Waals surface area contributed by atoms with E-state index in [9.17, 15) is 17.3 Å². The molecule has 0 rings (SSSR count). The van der Waals surface area contributed by atoms with Crippen LogP contribution < -0.4 is 0 Å². The second kappa shape index (κ2) is 11.7. The van der Waals surface area contributed by atoms with E-state index in [0.29, 0.717) is 0 Å². The van der Waals surface area contributed by atoms with Crippen molar-refractivity contribution in [3.05, 3.63) is 0 Å². The zero-order valence-corrected chi connectivity index (χ0v) is 15.3. The van der Waals surface area contributed by atoms with Crippen molar-refractivity contribution in [1.29, 1.82) is 0 Å². The summed E-state index contributed by atoms with van der Waals surface area (Å²) in [5.41, 5.74) is 0. The molecule has 0 aliphatic rings. The molecule has 21 heavy (non-hydrogen) atoms. The number of rotatable bonds is 9. The van der Waals surface area contributed by atoms with Crippen LogP contribution in [0.25, 0.3) is 0 Å². The Kier molecular flexibility index (Phi) is 13.0. The smallest absolute Gasteiger partial charge is 0.418 e. The molecule has 0 heterocycles. The zero-order valence-electron chi connectivity index (χ0n) is 14.4. The Morgan fingerprint density at radius 1 is 0.905 bits per heavy atom. The van der Waals surface area contributed by atoms with Gasteiger partial charge in [-0.1, -0.05) is 27.2 Å². The maximum Gasteiger partial charge on any atom is 0.673 e. The lowest BCUT2D eigenvalue weighted by Crippen LogP contribution is -2.47. The molecule has 1 atom stereocenters. The fourth-order valence-corrected chi connectivity index (χ4v) is 5.05. The zero-order chi connectivity index (χ0) is 17.1. The Morgan fingerprint density at radius 3 is 1.52 bits per heavy atom. The molecular weight excluding hydrogens is 302 g/mol. The number of unbranched alkanes of at least 4 members (excludes halogenated alkanes) is 1. The van der Waals surface area contributed by atoms with Crippen molar-refractivity contribution >= 4 is 15.5 Å². The topological polar surface area (TPSA) is 3.24 Å². The van der Waals surface area contributed by atoms with E-state index < -0.39 is 7.25 Å². The van der Waals surface area contributed by atoms with E-state index in [-0.39, 0.29) is 8.22 Å². The van der Waals surface area contributed by atoms with Crippen LogP contribution in [-0.2, 0) is 0 Å². The SMILES string of the molecule is CCCC[N+](CC)(CC)P(C)N(CC)CC.F[B-](F)(F)F. The molecule has 0 amide bonds. The first kappa shape index (κ1) is 23.4. The van der Waals surface area contributed by atoms with E-state index in [1.165, 1.54) is 49.8 Å². The highest BCUT2D eigenvalue weighted by Gasteiger charge is 2.34. The van der Waals surface area contributed by atoms with Crippen molar-refractivity contribution in [1.82, 2.24) is 4.67 Å². The third kappa shape index (κ3) is 10.5. The van der Waals surface area contributed by atoms with Crippen LogP contribution in [0.2, 0.25) is 0 Å². The maximum atomic E-state index is 9.75. The molecule has 130 valence electrons. The van der Waals surface area contributed by atoms with Crippen LogP contribution in [0.5, 0.6) is 0 Å². The number of nitrogens with zero attached hydrogens (tertiary/aromatic N) is 2. The van der Waals surface area contributed by atoms with Crippen LogP contribution in [0.4, 0.5) is 17.3 Å². The van der Waals surface area contributed by atoms with Crippen molar-refractivity contribution in [2.45, 2.75) is 47.5 Å². The highest BCUT2D eigenvalue weighted by molar-refractivity contribution is 7.48. The lowest BCUT2D eigenvalue weighted by atomic mass is 10.3. The van der Waals surface area contributed by atoms with Gasteiger partial charge in [-0.05, 0) is 20.3 Å². The van der Waals surface area contributed by atoms with Gasteiger partial charge in [0.05, 0.1) is 19.6 Å². The molecule has 0 fully saturated rings. The Morgan fingerprint density at radius 2 is 1.29 bits per heavy atom. The maximum absolute atomic E-state index is 9.75. The summed E-state index contributed by atoms with van der Waals surface area (Å²) in [5.74, 6) is 0. The quantitative estimate of drug-likeness (QED) is 0.317. The largest absolute Gasteiger partial charge is 0.673 e. The van der Waals surface area contributed by atoms with Gasteiger partial charge in [0.15, 0.2) is 8.22 Å². The molecule has 0 saturated heterocycles. The van der Waals surface area contributed by atoms with Gasteiger partial charge in [0.2, 0.25) is 0 Å². The van der Waals surface area contributed by atoms with E-state index >= 15 is 0 Å². The van der Waals surface area contributed by atoms with E-state index in [1.54, 1.807) is 0 Å². The van der Waals surface area contributed by atoms with Gasteiger partial charge in [-0.15, -0.1) is 0 Å². The molecule has 0 aliphatic heterocycles. The molecule has 8 heteroatoms. The van der Waals surface area contributed by atoms with Crippen LogP contribution in [-0.4, -0.2) is 55.6 Å². The van der Waals surface area contributed by atoms with Gasteiger partial charge in [0, 0.05) is 19.8 Å². The molecule has 0 bridgehead atoms. The Labute approximate surface area is 129 Å². The molecule has 1 unspecified atom stereocenters. The van der Waals surface area contributed by atoms with Gasteiger partial charge >= 0.3 is 7.25 Å². The van der Waals surface area contributed by atoms with Crippen LogP contribution in [0.1, 0.15) is 47.5 Å². The Hall–Kier alpha value is 0.135. The van der Waals surface area contributed by atoms with Crippen molar-refractivity contribution in [3.63, 3.8) is 0 Å². The Bertz CT molecular complexity index is 241. The predicted molar refractivity (Wildman–Crippen MR) is 87.1 cm³/mol. The summed E-state index contributed by atoms with van der Waals surface area (Å²) in [6.07, 6.45) is 2.69. The molecule has 0 aromatic rings. The third-order valence-electron chi connectivity index (χ3n) is 3.86. The molecule has 0 radical (unpaired) electrons. The molecule has 0 N–H and O–H groups in total. The Balaban J connectivity index is 0. The summed E-state index contributed by atoms with van der Waals surface area (Å²) < 4.78 is 43.0. The molecule has 0 aliphatic carbocycles. The normalized spacial score (nSPS) is 13.9. The highest BCUT2D eigenvalue weighted by atomic mass is 31.1. The minimum Gasteiger partial charge on any atom is -0.418 e. The van der Waals surface area contributed by atoms with Gasteiger partial charge in [-0.2, -0.15) is 0 Å². The van der Waals surface area contributed by atoms with Crippen LogP contribution in [0.3, 0.4) is 0 Å². The minimum absolute atomic E-state index is 0.0329. The van der Waals surface area contributed by atoms with E-state index in [1.807, 2.05) is 0 Å². The molecule has 0 saturated carbocycles. The van der Waals surface area contributed by atoms with Crippen LogP contribution in [0, 0.1) is 0 Å². The summed E-state index contributed by atoms with van der Waals surface area (Å²) in [6, 6.07) is 0. The van der Waals surface area contributed by atoms with Crippen molar-refractivity contribution < 1.29 is 21.5 Å². The first-order valence-corrected chi connectivity index (χ1v) is 9.53. The molecule has 0 aromatic carbocycles. The summed E-state index contributed by atoms with van der Waals surface area (Å²) >= 11 is 0. The first-order valence-electron chi connectivity index (χ1n) is 7.84. The summed E-state index contributed by atoms with van der Waals surface area (Å²) in [6.45, 7) is 20.4. The lowest BCUT2D eigenvalue weighted by molar-refractivity contribution is -0.807. The van der Waals surface area contributed by atoms with Crippen LogP contribution in [0.15, 0.2) is 0 Å². The van der Waals surface area contributed by atoms with E-state index in [0.717, 1.165) is 0 Å². The fraction of sp³-hybridized carbons (Fsp3) is 1.00. The van der Waals surface area contributed by atoms with Gasteiger partial charge in [-0.3, -0.25) is 4.25 Å². The number of halogens is 4. The second-order valence-electron chi connectivity index (χ2n) is 4.93. The number of hydrogen-bond acceptors (Lipinski definition) is 1.